The van der Waals surface area contributed by atoms with Crippen molar-refractivity contribution in [2.45, 2.75) is 19.8 Å². The minimum Gasteiger partial charge on any atom is -0.474 e. The molecular formula is C7H9NO3. The van der Waals surface area contributed by atoms with Crippen LogP contribution < -0.4 is 0 Å². The Hall–Kier alpha value is -1.32. The molecule has 1 aromatic rings. The topological polar surface area (TPSA) is 63.3 Å². The van der Waals surface area contributed by atoms with Crippen molar-refractivity contribution in [1.82, 2.24) is 4.98 Å². The Balaban J connectivity index is 2.73. The van der Waals surface area contributed by atoms with Gasteiger partial charge in [-0.3, -0.25) is 0 Å². The van der Waals surface area contributed by atoms with Gasteiger partial charge in [-0.1, -0.05) is 13.3 Å². The smallest absolute Gasteiger partial charge is 0.392 e. The van der Waals surface area contributed by atoms with Crippen LogP contribution in [0.3, 0.4) is 0 Å². The number of aryl methyl sites for hydroxylation is 1. The highest BCUT2D eigenvalue weighted by Gasteiger charge is 2.09. The highest BCUT2D eigenvalue weighted by molar-refractivity contribution is 5.82. The molecule has 1 heterocycles. The maximum atomic E-state index is 10.3. The standard InChI is InChI=1S/C7H9NO3/c1-2-3-5-4-11-6(8-5)7(9)10/h4H,2-3H2,1H3,(H,9,10). The van der Waals surface area contributed by atoms with E-state index in [0.717, 1.165) is 12.8 Å². The fraction of sp³-hybridized carbons (Fsp3) is 0.429. The minimum absolute atomic E-state index is 0.228. The molecule has 0 atom stereocenters. The summed E-state index contributed by atoms with van der Waals surface area (Å²) in [6.07, 6.45) is 3.08. The highest BCUT2D eigenvalue weighted by atomic mass is 16.4. The first-order chi connectivity index (χ1) is 5.24. The van der Waals surface area contributed by atoms with E-state index < -0.39 is 5.97 Å². The van der Waals surface area contributed by atoms with Gasteiger partial charge in [0.05, 0.1) is 5.69 Å². The first-order valence-electron chi connectivity index (χ1n) is 3.41. The van der Waals surface area contributed by atoms with Crippen LogP contribution in [0.25, 0.3) is 0 Å². The third-order valence-electron chi connectivity index (χ3n) is 1.24. The quantitative estimate of drug-likeness (QED) is 0.715. The molecule has 0 aromatic carbocycles. The van der Waals surface area contributed by atoms with E-state index in [-0.39, 0.29) is 5.89 Å². The number of hydrogen-bond donors (Lipinski definition) is 1. The van der Waals surface area contributed by atoms with Crippen LogP contribution in [-0.4, -0.2) is 16.1 Å². The zero-order valence-corrected chi connectivity index (χ0v) is 6.20. The van der Waals surface area contributed by atoms with Crippen LogP contribution in [0, 0.1) is 0 Å². The summed E-state index contributed by atoms with van der Waals surface area (Å²) in [6, 6.07) is 0. The predicted octanol–water partition coefficient (Wildman–Crippen LogP) is 1.33. The summed E-state index contributed by atoms with van der Waals surface area (Å²) in [5.74, 6) is -1.35. The number of aromatic carboxylic acids is 1. The van der Waals surface area contributed by atoms with Gasteiger partial charge in [0.1, 0.15) is 6.26 Å². The molecule has 0 spiro atoms. The molecule has 0 bridgehead atoms. The molecule has 0 amide bonds. The van der Waals surface area contributed by atoms with Gasteiger partial charge in [-0.05, 0) is 6.42 Å². The molecule has 4 nitrogen and oxygen atoms in total. The third-order valence-corrected chi connectivity index (χ3v) is 1.24. The predicted molar refractivity (Wildman–Crippen MR) is 37.5 cm³/mol. The lowest BCUT2D eigenvalue weighted by Crippen LogP contribution is -1.96. The van der Waals surface area contributed by atoms with Gasteiger partial charge in [-0.2, -0.15) is 0 Å². The lowest BCUT2D eigenvalue weighted by Gasteiger charge is -1.84. The molecule has 0 saturated heterocycles. The fourth-order valence-corrected chi connectivity index (χ4v) is 0.776. The summed E-state index contributed by atoms with van der Waals surface area (Å²) in [6.45, 7) is 2.00. The van der Waals surface area contributed by atoms with Crippen LogP contribution >= 0.6 is 0 Å². The molecule has 0 aliphatic rings. The molecule has 4 heteroatoms. The molecular weight excluding hydrogens is 146 g/mol. The molecule has 0 fully saturated rings. The van der Waals surface area contributed by atoms with Crippen LogP contribution in [0.15, 0.2) is 10.7 Å². The Morgan fingerprint density at radius 1 is 1.82 bits per heavy atom. The molecule has 0 unspecified atom stereocenters. The molecule has 0 aliphatic heterocycles. The minimum atomic E-state index is -1.12. The molecule has 11 heavy (non-hydrogen) atoms. The van der Waals surface area contributed by atoms with Crippen molar-refractivity contribution < 1.29 is 14.3 Å². The SMILES string of the molecule is CCCc1coc(C(=O)O)n1. The number of aromatic nitrogens is 1. The summed E-state index contributed by atoms with van der Waals surface area (Å²) in [5, 5.41) is 8.41. The fourth-order valence-electron chi connectivity index (χ4n) is 0.776. The van der Waals surface area contributed by atoms with Crippen molar-refractivity contribution in [2.24, 2.45) is 0 Å². The summed E-state index contributed by atoms with van der Waals surface area (Å²) >= 11 is 0. The van der Waals surface area contributed by atoms with E-state index >= 15 is 0 Å². The second-order valence-corrected chi connectivity index (χ2v) is 2.20. The van der Waals surface area contributed by atoms with Crippen molar-refractivity contribution in [1.29, 1.82) is 0 Å². The summed E-state index contributed by atoms with van der Waals surface area (Å²) in [5.41, 5.74) is 0.699. The van der Waals surface area contributed by atoms with E-state index in [1.807, 2.05) is 6.92 Å². The van der Waals surface area contributed by atoms with Gasteiger partial charge >= 0.3 is 11.9 Å². The number of rotatable bonds is 3. The number of carboxylic acids is 1. The van der Waals surface area contributed by atoms with E-state index in [1.165, 1.54) is 6.26 Å². The largest absolute Gasteiger partial charge is 0.474 e. The van der Waals surface area contributed by atoms with Crippen LogP contribution in [-0.2, 0) is 6.42 Å². The molecule has 0 saturated carbocycles. The Bertz CT molecular complexity index is 254. The Kier molecular flexibility index (Phi) is 2.25. The van der Waals surface area contributed by atoms with Gasteiger partial charge in [0.2, 0.25) is 0 Å². The van der Waals surface area contributed by atoms with Gasteiger partial charge in [0, 0.05) is 0 Å². The summed E-state index contributed by atoms with van der Waals surface area (Å²) in [4.78, 5) is 14.0. The van der Waals surface area contributed by atoms with Gasteiger partial charge in [-0.15, -0.1) is 0 Å². The number of hydrogen-bond acceptors (Lipinski definition) is 3. The van der Waals surface area contributed by atoms with Crippen molar-refractivity contribution >= 4 is 5.97 Å². The van der Waals surface area contributed by atoms with E-state index in [9.17, 15) is 4.79 Å². The summed E-state index contributed by atoms with van der Waals surface area (Å²) in [7, 11) is 0. The summed E-state index contributed by atoms with van der Waals surface area (Å²) < 4.78 is 4.67. The van der Waals surface area contributed by atoms with Gasteiger partial charge in [0.25, 0.3) is 0 Å². The lowest BCUT2D eigenvalue weighted by molar-refractivity contribution is 0.0653. The number of carboxylic acid groups (broad SMARTS) is 1. The maximum absolute atomic E-state index is 10.3. The second-order valence-electron chi connectivity index (χ2n) is 2.20. The van der Waals surface area contributed by atoms with Crippen LogP contribution in [0.2, 0.25) is 0 Å². The lowest BCUT2D eigenvalue weighted by atomic mass is 10.3. The maximum Gasteiger partial charge on any atom is 0.392 e. The second kappa shape index (κ2) is 3.18. The van der Waals surface area contributed by atoms with Crippen molar-refractivity contribution in [3.63, 3.8) is 0 Å². The van der Waals surface area contributed by atoms with Crippen LogP contribution in [0.5, 0.6) is 0 Å². The average molecular weight is 155 g/mol. The van der Waals surface area contributed by atoms with E-state index in [4.69, 9.17) is 5.11 Å². The highest BCUT2D eigenvalue weighted by Crippen LogP contribution is 2.03. The Morgan fingerprint density at radius 3 is 3.00 bits per heavy atom. The molecule has 1 rings (SSSR count). The number of carbonyl (C=O) groups is 1. The third kappa shape index (κ3) is 1.80. The van der Waals surface area contributed by atoms with Gasteiger partial charge < -0.3 is 9.52 Å². The van der Waals surface area contributed by atoms with E-state index in [1.54, 1.807) is 0 Å². The number of nitrogens with zero attached hydrogens (tertiary/aromatic N) is 1. The van der Waals surface area contributed by atoms with Gasteiger partial charge in [-0.25, -0.2) is 9.78 Å². The Labute approximate surface area is 63.9 Å². The van der Waals surface area contributed by atoms with Crippen LogP contribution in [0.4, 0.5) is 0 Å². The first-order valence-corrected chi connectivity index (χ1v) is 3.41. The zero-order chi connectivity index (χ0) is 8.27. The normalized spacial score (nSPS) is 9.91. The van der Waals surface area contributed by atoms with Crippen molar-refractivity contribution in [2.75, 3.05) is 0 Å². The molecule has 1 aromatic heterocycles. The molecule has 60 valence electrons. The zero-order valence-electron chi connectivity index (χ0n) is 6.20. The molecule has 1 N–H and O–H groups in total. The average Bonchev–Trinajstić information content (AvgIpc) is 2.37. The molecule has 0 radical (unpaired) electrons. The van der Waals surface area contributed by atoms with Crippen LogP contribution in [0.1, 0.15) is 29.7 Å². The number of oxazole rings is 1. The van der Waals surface area contributed by atoms with Crippen molar-refractivity contribution in [3.05, 3.63) is 17.8 Å². The monoisotopic (exact) mass is 155 g/mol. The molecule has 0 aliphatic carbocycles. The Morgan fingerprint density at radius 2 is 2.55 bits per heavy atom. The first kappa shape index (κ1) is 7.78. The van der Waals surface area contributed by atoms with Crippen molar-refractivity contribution in [3.8, 4) is 0 Å². The van der Waals surface area contributed by atoms with E-state index in [2.05, 4.69) is 9.40 Å². The van der Waals surface area contributed by atoms with Gasteiger partial charge in [0.15, 0.2) is 0 Å². The van der Waals surface area contributed by atoms with E-state index in [0.29, 0.717) is 5.69 Å².